The zero-order valence-electron chi connectivity index (χ0n) is 7.60. The third kappa shape index (κ3) is 1.66. The summed E-state index contributed by atoms with van der Waals surface area (Å²) in [5, 5.41) is 11.9. The Labute approximate surface area is 81.2 Å². The van der Waals surface area contributed by atoms with Crippen LogP contribution in [0.2, 0.25) is 0 Å². The fourth-order valence-electron chi connectivity index (χ4n) is 1.35. The minimum Gasteiger partial charge on any atom is -0.477 e. The lowest BCUT2D eigenvalue weighted by Gasteiger charge is -2.27. The molecule has 5 heteroatoms. The molecule has 0 atom stereocenters. The zero-order chi connectivity index (χ0) is 9.97. The molecule has 14 heavy (non-hydrogen) atoms. The Balaban J connectivity index is 2.17. The molecule has 0 radical (unpaired) electrons. The van der Waals surface area contributed by atoms with Crippen LogP contribution in [0.15, 0.2) is 12.5 Å². The lowest BCUT2D eigenvalue weighted by molar-refractivity contribution is 0.0697. The average Bonchev–Trinajstić information content (AvgIpc) is 2.12. The number of hydrogen-bond donors (Lipinski definition) is 2. The highest BCUT2D eigenvalue weighted by Crippen LogP contribution is 2.23. The number of nitrogens with zero attached hydrogens (tertiary/aromatic N) is 2. The molecule has 74 valence electrons. The Kier molecular flexibility index (Phi) is 2.30. The van der Waals surface area contributed by atoms with Gasteiger partial charge < -0.3 is 10.4 Å². The minimum atomic E-state index is -0.993. The van der Waals surface area contributed by atoms with E-state index in [0.717, 1.165) is 12.8 Å². The van der Waals surface area contributed by atoms with Gasteiger partial charge in [-0.25, -0.2) is 14.8 Å². The highest BCUT2D eigenvalue weighted by atomic mass is 16.4. The van der Waals surface area contributed by atoms with Crippen molar-refractivity contribution in [1.29, 1.82) is 0 Å². The van der Waals surface area contributed by atoms with E-state index in [4.69, 9.17) is 5.11 Å². The fraction of sp³-hybridized carbons (Fsp3) is 0.444. The van der Waals surface area contributed by atoms with Crippen LogP contribution in [0.3, 0.4) is 0 Å². The van der Waals surface area contributed by atoms with Crippen molar-refractivity contribution in [2.24, 2.45) is 0 Å². The second-order valence-electron chi connectivity index (χ2n) is 3.36. The molecule has 0 unspecified atom stereocenters. The number of carbonyl (C=O) groups is 1. The third-order valence-electron chi connectivity index (χ3n) is 2.39. The maximum Gasteiger partial charge on any atom is 0.341 e. The number of nitrogens with one attached hydrogen (secondary N) is 1. The molecule has 1 aliphatic rings. The molecule has 2 rings (SSSR count). The van der Waals surface area contributed by atoms with Crippen LogP contribution in [-0.2, 0) is 0 Å². The normalized spacial score (nSPS) is 16.0. The van der Waals surface area contributed by atoms with Crippen LogP contribution in [-0.4, -0.2) is 27.1 Å². The number of anilines is 1. The van der Waals surface area contributed by atoms with Gasteiger partial charge in [0.25, 0.3) is 0 Å². The average molecular weight is 193 g/mol. The lowest BCUT2D eigenvalue weighted by atomic mass is 9.93. The molecule has 1 aromatic rings. The first-order chi connectivity index (χ1) is 6.77. The molecule has 0 aliphatic heterocycles. The van der Waals surface area contributed by atoms with Crippen molar-refractivity contribution in [3.8, 4) is 0 Å². The van der Waals surface area contributed by atoms with Crippen molar-refractivity contribution in [2.75, 3.05) is 5.32 Å². The summed E-state index contributed by atoms with van der Waals surface area (Å²) in [7, 11) is 0. The summed E-state index contributed by atoms with van der Waals surface area (Å²) in [6.45, 7) is 0. The Morgan fingerprint density at radius 3 is 2.93 bits per heavy atom. The number of hydrogen-bond acceptors (Lipinski definition) is 4. The van der Waals surface area contributed by atoms with E-state index >= 15 is 0 Å². The number of aromatic nitrogens is 2. The maximum absolute atomic E-state index is 10.8. The van der Waals surface area contributed by atoms with E-state index in [1.54, 1.807) is 0 Å². The summed E-state index contributed by atoms with van der Waals surface area (Å²) in [4.78, 5) is 18.4. The summed E-state index contributed by atoms with van der Waals surface area (Å²) in [5.41, 5.74) is 0.138. The summed E-state index contributed by atoms with van der Waals surface area (Å²) in [6.07, 6.45) is 6.04. The molecule has 1 saturated carbocycles. The summed E-state index contributed by atoms with van der Waals surface area (Å²) < 4.78 is 0. The first-order valence-electron chi connectivity index (χ1n) is 4.57. The van der Waals surface area contributed by atoms with Crippen LogP contribution in [0.25, 0.3) is 0 Å². The van der Waals surface area contributed by atoms with Gasteiger partial charge in [0.1, 0.15) is 17.7 Å². The molecule has 0 amide bonds. The van der Waals surface area contributed by atoms with Crippen molar-refractivity contribution in [1.82, 2.24) is 9.97 Å². The smallest absolute Gasteiger partial charge is 0.341 e. The van der Waals surface area contributed by atoms with Crippen molar-refractivity contribution in [3.63, 3.8) is 0 Å². The van der Waals surface area contributed by atoms with Gasteiger partial charge in [0, 0.05) is 12.2 Å². The molecule has 0 aromatic carbocycles. The Morgan fingerprint density at radius 1 is 1.57 bits per heavy atom. The van der Waals surface area contributed by atoms with Crippen molar-refractivity contribution in [3.05, 3.63) is 18.1 Å². The van der Waals surface area contributed by atoms with E-state index in [2.05, 4.69) is 15.3 Å². The van der Waals surface area contributed by atoms with E-state index in [1.807, 2.05) is 0 Å². The number of rotatable bonds is 3. The fourth-order valence-corrected chi connectivity index (χ4v) is 1.35. The van der Waals surface area contributed by atoms with Crippen molar-refractivity contribution in [2.45, 2.75) is 25.3 Å². The third-order valence-corrected chi connectivity index (χ3v) is 2.39. The molecule has 1 heterocycles. The van der Waals surface area contributed by atoms with Gasteiger partial charge in [-0.3, -0.25) is 0 Å². The molecule has 0 bridgehead atoms. The number of carboxylic acids is 1. The van der Waals surface area contributed by atoms with Crippen molar-refractivity contribution >= 4 is 11.8 Å². The predicted molar refractivity (Wildman–Crippen MR) is 50.3 cm³/mol. The van der Waals surface area contributed by atoms with E-state index in [0.29, 0.717) is 11.9 Å². The van der Waals surface area contributed by atoms with Crippen LogP contribution < -0.4 is 5.32 Å². The highest BCUT2D eigenvalue weighted by molar-refractivity contribution is 5.92. The summed E-state index contributed by atoms with van der Waals surface area (Å²) in [6, 6.07) is 0.378. The molecular weight excluding hydrogens is 182 g/mol. The minimum absolute atomic E-state index is 0.138. The van der Waals surface area contributed by atoms with Gasteiger partial charge in [0.15, 0.2) is 0 Å². The first kappa shape index (κ1) is 8.93. The molecule has 1 aromatic heterocycles. The van der Waals surface area contributed by atoms with Gasteiger partial charge in [-0.1, -0.05) is 0 Å². The van der Waals surface area contributed by atoms with Crippen molar-refractivity contribution < 1.29 is 9.90 Å². The van der Waals surface area contributed by atoms with Crippen LogP contribution in [0.4, 0.5) is 5.82 Å². The van der Waals surface area contributed by atoms with Gasteiger partial charge in [-0.15, -0.1) is 0 Å². The summed E-state index contributed by atoms with van der Waals surface area (Å²) >= 11 is 0. The van der Waals surface area contributed by atoms with E-state index < -0.39 is 5.97 Å². The first-order valence-corrected chi connectivity index (χ1v) is 4.57. The molecular formula is C9H11N3O2. The Bertz CT molecular complexity index is 350. The van der Waals surface area contributed by atoms with E-state index in [1.165, 1.54) is 18.9 Å². The summed E-state index contributed by atoms with van der Waals surface area (Å²) in [5.74, 6) is -0.565. The topological polar surface area (TPSA) is 75.1 Å². The number of carboxylic acid groups (broad SMARTS) is 1. The van der Waals surface area contributed by atoms with Gasteiger partial charge >= 0.3 is 5.97 Å². The van der Waals surface area contributed by atoms with E-state index in [-0.39, 0.29) is 5.56 Å². The number of aromatic carboxylic acids is 1. The van der Waals surface area contributed by atoms with Gasteiger partial charge in [0.2, 0.25) is 0 Å². The molecule has 5 nitrogen and oxygen atoms in total. The van der Waals surface area contributed by atoms with Crippen LogP contribution in [0.5, 0.6) is 0 Å². The monoisotopic (exact) mass is 193 g/mol. The van der Waals surface area contributed by atoms with Gasteiger partial charge in [0.05, 0.1) is 0 Å². The van der Waals surface area contributed by atoms with E-state index in [9.17, 15) is 4.79 Å². The predicted octanol–water partition coefficient (Wildman–Crippen LogP) is 1.14. The molecule has 1 aliphatic carbocycles. The quantitative estimate of drug-likeness (QED) is 0.752. The molecule has 2 N–H and O–H groups in total. The Hall–Kier alpha value is -1.65. The molecule has 0 saturated heterocycles. The second-order valence-corrected chi connectivity index (χ2v) is 3.36. The molecule has 0 spiro atoms. The SMILES string of the molecule is O=C(O)c1cncnc1NC1CCC1. The van der Waals surface area contributed by atoms with Crippen LogP contribution >= 0.6 is 0 Å². The Morgan fingerprint density at radius 2 is 2.36 bits per heavy atom. The van der Waals surface area contributed by atoms with Crippen LogP contribution in [0, 0.1) is 0 Å². The molecule has 1 fully saturated rings. The lowest BCUT2D eigenvalue weighted by Crippen LogP contribution is -2.28. The van der Waals surface area contributed by atoms with Gasteiger partial charge in [-0.2, -0.15) is 0 Å². The van der Waals surface area contributed by atoms with Crippen LogP contribution in [0.1, 0.15) is 29.6 Å². The largest absolute Gasteiger partial charge is 0.477 e. The second kappa shape index (κ2) is 3.61. The highest BCUT2D eigenvalue weighted by Gasteiger charge is 2.20. The standard InChI is InChI=1S/C9H11N3O2/c13-9(14)7-4-10-5-11-8(7)12-6-2-1-3-6/h4-6H,1-3H2,(H,13,14)(H,10,11,12). The zero-order valence-corrected chi connectivity index (χ0v) is 7.60. The van der Waals surface area contributed by atoms with Gasteiger partial charge in [-0.05, 0) is 19.3 Å². The maximum atomic E-state index is 10.8.